The molecule has 1 saturated heterocycles. The van der Waals surface area contributed by atoms with Crippen LogP contribution in [-0.4, -0.2) is 35.8 Å². The lowest BCUT2D eigenvalue weighted by Crippen LogP contribution is -2.42. The summed E-state index contributed by atoms with van der Waals surface area (Å²) in [5.74, 6) is 1.41. The zero-order chi connectivity index (χ0) is 23.2. The summed E-state index contributed by atoms with van der Waals surface area (Å²) in [5.41, 5.74) is 4.03. The highest BCUT2D eigenvalue weighted by Gasteiger charge is 2.25. The van der Waals surface area contributed by atoms with Crippen LogP contribution in [0.2, 0.25) is 0 Å². The van der Waals surface area contributed by atoms with Gasteiger partial charge >= 0.3 is 6.03 Å². The highest BCUT2D eigenvalue weighted by atomic mass is 19.1. The van der Waals surface area contributed by atoms with Gasteiger partial charge in [-0.05, 0) is 54.7 Å². The van der Waals surface area contributed by atoms with Crippen molar-refractivity contribution < 1.29 is 18.4 Å². The van der Waals surface area contributed by atoms with Crippen LogP contribution in [0.3, 0.4) is 0 Å². The molecule has 172 valence electrons. The number of aromatic nitrogens is 1. The third-order valence-electron chi connectivity index (χ3n) is 5.86. The molecule has 2 heterocycles. The number of ether oxygens (including phenoxy) is 1. The lowest BCUT2D eigenvalue weighted by molar-refractivity contribution is 0.197. The molecule has 1 atom stereocenters. The third kappa shape index (κ3) is 6.00. The first-order chi connectivity index (χ1) is 16.0. The molecule has 33 heavy (non-hydrogen) atoms. The van der Waals surface area contributed by atoms with Crippen LogP contribution in [0.4, 0.5) is 14.9 Å². The molecule has 3 aromatic rings. The fraction of sp³-hybridized carbons (Fsp3) is 0.308. The van der Waals surface area contributed by atoms with E-state index in [0.29, 0.717) is 31.1 Å². The fourth-order valence-electron chi connectivity index (χ4n) is 3.91. The molecule has 0 saturated carbocycles. The number of amides is 2. The summed E-state index contributed by atoms with van der Waals surface area (Å²) in [7, 11) is 0. The number of carbonyl (C=O) groups is 1. The molecule has 0 aliphatic carbocycles. The highest BCUT2D eigenvalue weighted by molar-refractivity contribution is 5.89. The van der Waals surface area contributed by atoms with E-state index in [9.17, 15) is 9.18 Å². The molecule has 1 aliphatic heterocycles. The van der Waals surface area contributed by atoms with Gasteiger partial charge in [-0.3, -0.25) is 0 Å². The Hall–Kier alpha value is -3.61. The van der Waals surface area contributed by atoms with Gasteiger partial charge in [0.1, 0.15) is 17.3 Å². The predicted octanol–water partition coefficient (Wildman–Crippen LogP) is 5.70. The number of nitrogens with one attached hydrogen (secondary N) is 1. The maximum absolute atomic E-state index is 13.0. The number of nitrogens with zero attached hydrogens (tertiary/aromatic N) is 2. The third-order valence-corrected chi connectivity index (χ3v) is 5.86. The molecule has 2 aromatic carbocycles. The molecule has 0 bridgehead atoms. The summed E-state index contributed by atoms with van der Waals surface area (Å²) in [4.78, 5) is 14.4. The molecule has 0 radical (unpaired) electrons. The quantitative estimate of drug-likeness (QED) is 0.524. The Morgan fingerprint density at radius 2 is 2.12 bits per heavy atom. The number of rotatable bonds is 6. The van der Waals surface area contributed by atoms with E-state index in [1.165, 1.54) is 23.9 Å². The van der Waals surface area contributed by atoms with Gasteiger partial charge in [-0.15, -0.1) is 0 Å². The molecule has 1 aliphatic rings. The summed E-state index contributed by atoms with van der Waals surface area (Å²) < 4.78 is 23.9. The van der Waals surface area contributed by atoms with Gasteiger partial charge in [-0.25, -0.2) is 9.18 Å². The van der Waals surface area contributed by atoms with E-state index >= 15 is 0 Å². The van der Waals surface area contributed by atoms with Crippen LogP contribution in [0.25, 0.3) is 6.08 Å². The molecular weight excluding hydrogens is 421 g/mol. The van der Waals surface area contributed by atoms with Gasteiger partial charge < -0.3 is 19.5 Å². The van der Waals surface area contributed by atoms with Crippen molar-refractivity contribution in [3.63, 3.8) is 0 Å². The average molecular weight is 450 g/mol. The van der Waals surface area contributed by atoms with Gasteiger partial charge in [-0.1, -0.05) is 48.0 Å². The van der Waals surface area contributed by atoms with Gasteiger partial charge in [0.15, 0.2) is 5.76 Å². The Bertz CT molecular complexity index is 1120. The van der Waals surface area contributed by atoms with E-state index < -0.39 is 0 Å². The van der Waals surface area contributed by atoms with Crippen molar-refractivity contribution in [3.8, 4) is 5.75 Å². The molecule has 0 spiro atoms. The van der Waals surface area contributed by atoms with Crippen molar-refractivity contribution in [1.29, 1.82) is 0 Å². The predicted molar refractivity (Wildman–Crippen MR) is 126 cm³/mol. The van der Waals surface area contributed by atoms with Crippen LogP contribution in [0.15, 0.2) is 64.8 Å². The number of halogens is 1. The first-order valence-corrected chi connectivity index (χ1v) is 11.1. The van der Waals surface area contributed by atoms with E-state index in [1.807, 2.05) is 23.1 Å². The molecule has 2 amide bonds. The van der Waals surface area contributed by atoms with Crippen LogP contribution < -0.4 is 10.1 Å². The summed E-state index contributed by atoms with van der Waals surface area (Å²) in [6.07, 6.45) is 5.24. The Balaban J connectivity index is 1.32. The average Bonchev–Trinajstić information content (AvgIpc) is 3.21. The summed E-state index contributed by atoms with van der Waals surface area (Å²) in [5, 5.41) is 6.56. The van der Waals surface area contributed by atoms with Gasteiger partial charge in [-0.2, -0.15) is 0 Å². The highest BCUT2D eigenvalue weighted by Crippen LogP contribution is 2.27. The zero-order valence-corrected chi connectivity index (χ0v) is 18.9. The number of urea groups is 1. The second-order valence-corrected chi connectivity index (χ2v) is 8.34. The minimum Gasteiger partial charge on any atom is -0.493 e. The molecule has 6 nitrogen and oxygen atoms in total. The number of aryl methyl sites for hydroxylation is 1. The van der Waals surface area contributed by atoms with Crippen molar-refractivity contribution in [2.24, 2.45) is 5.92 Å². The maximum atomic E-state index is 13.0. The monoisotopic (exact) mass is 449 g/mol. The second-order valence-electron chi connectivity index (χ2n) is 8.34. The molecular formula is C26H28FN3O3. The lowest BCUT2D eigenvalue weighted by Gasteiger charge is -2.33. The molecule has 1 aromatic heterocycles. The summed E-state index contributed by atoms with van der Waals surface area (Å²) in [6, 6.07) is 14.4. The lowest BCUT2D eigenvalue weighted by atomic mass is 9.91. The van der Waals surface area contributed by atoms with Gasteiger partial charge in [0, 0.05) is 19.5 Å². The fourth-order valence-corrected chi connectivity index (χ4v) is 3.91. The Morgan fingerprint density at radius 3 is 2.85 bits per heavy atom. The smallest absolute Gasteiger partial charge is 0.322 e. The number of piperidine rings is 1. The molecule has 1 N–H and O–H groups in total. The van der Waals surface area contributed by atoms with Crippen LogP contribution in [0.5, 0.6) is 5.75 Å². The first-order valence-electron chi connectivity index (χ1n) is 11.1. The van der Waals surface area contributed by atoms with E-state index in [2.05, 4.69) is 29.5 Å². The molecule has 7 heteroatoms. The maximum Gasteiger partial charge on any atom is 0.322 e. The van der Waals surface area contributed by atoms with Crippen molar-refractivity contribution in [3.05, 3.63) is 83.0 Å². The summed E-state index contributed by atoms with van der Waals surface area (Å²) >= 11 is 0. The van der Waals surface area contributed by atoms with Crippen molar-refractivity contribution in [1.82, 2.24) is 10.1 Å². The Kier molecular flexibility index (Phi) is 7.07. The van der Waals surface area contributed by atoms with Gasteiger partial charge in [0.25, 0.3) is 0 Å². The number of benzene rings is 2. The van der Waals surface area contributed by atoms with Crippen LogP contribution in [-0.2, 0) is 6.42 Å². The van der Waals surface area contributed by atoms with E-state index in [0.717, 1.165) is 29.7 Å². The standard InChI is InChI=1S/C26H28FN3O3/c1-18-17-30(26(31)29-25-16-28-33-19(25)2)12-10-22(18)14-21-4-3-5-24(15-21)32-13-11-20-6-8-23(27)9-7-20/h3-9,14-16,18H,10-13,17H2,1-2H3,(H,29,31)/b22-14+. The van der Waals surface area contributed by atoms with Crippen LogP contribution in [0.1, 0.15) is 30.2 Å². The largest absolute Gasteiger partial charge is 0.493 e. The first kappa shape index (κ1) is 22.6. The topological polar surface area (TPSA) is 67.6 Å². The minimum absolute atomic E-state index is 0.135. The van der Waals surface area contributed by atoms with E-state index in [1.54, 1.807) is 19.1 Å². The summed E-state index contributed by atoms with van der Waals surface area (Å²) in [6.45, 7) is 5.73. The van der Waals surface area contributed by atoms with E-state index in [4.69, 9.17) is 9.26 Å². The number of carbonyl (C=O) groups excluding carboxylic acids is 1. The molecule has 1 fully saturated rings. The Morgan fingerprint density at radius 1 is 1.30 bits per heavy atom. The van der Waals surface area contributed by atoms with Gasteiger partial charge in [0.2, 0.25) is 0 Å². The van der Waals surface area contributed by atoms with Crippen LogP contribution in [0, 0.1) is 18.7 Å². The Labute approximate surface area is 193 Å². The van der Waals surface area contributed by atoms with Crippen molar-refractivity contribution >= 4 is 17.8 Å². The van der Waals surface area contributed by atoms with Gasteiger partial charge in [0.05, 0.1) is 12.8 Å². The van der Waals surface area contributed by atoms with Crippen molar-refractivity contribution in [2.45, 2.75) is 26.7 Å². The van der Waals surface area contributed by atoms with Crippen LogP contribution >= 0.6 is 0 Å². The minimum atomic E-state index is -0.230. The second kappa shape index (κ2) is 10.3. The normalized spacial score (nSPS) is 17.2. The molecule has 4 rings (SSSR count). The van der Waals surface area contributed by atoms with Crippen molar-refractivity contribution in [2.75, 3.05) is 25.0 Å². The number of anilines is 1. The number of hydrogen-bond donors (Lipinski definition) is 1. The zero-order valence-electron chi connectivity index (χ0n) is 18.9. The SMILES string of the molecule is Cc1oncc1NC(=O)N1CC/C(=C\c2cccc(OCCc3ccc(F)cc3)c2)C(C)C1. The number of hydrogen-bond acceptors (Lipinski definition) is 4. The number of likely N-dealkylation sites (tertiary alicyclic amines) is 1. The molecule has 1 unspecified atom stereocenters. The van der Waals surface area contributed by atoms with E-state index in [-0.39, 0.29) is 17.8 Å².